The fourth-order valence-corrected chi connectivity index (χ4v) is 0.925. The van der Waals surface area contributed by atoms with E-state index in [2.05, 4.69) is 0 Å². The van der Waals surface area contributed by atoms with Crippen LogP contribution in [0.5, 0.6) is 0 Å². The zero-order valence-electron chi connectivity index (χ0n) is 8.31. The molecule has 1 aromatic rings. The minimum Gasteiger partial charge on any atom is -0.264 e. The number of nitro groups is 1. The smallest absolute Gasteiger partial charge is 0.235 e. The lowest BCUT2D eigenvalue weighted by atomic mass is 10.0. The van der Waals surface area contributed by atoms with Crippen molar-refractivity contribution in [2.75, 3.05) is 0 Å². The van der Waals surface area contributed by atoms with Crippen LogP contribution in [0.2, 0.25) is 0 Å². The summed E-state index contributed by atoms with van der Waals surface area (Å²) in [5.41, 5.74) is -0.0297. The Labute approximate surface area is 83.2 Å². The van der Waals surface area contributed by atoms with Crippen LogP contribution in [0.3, 0.4) is 0 Å². The van der Waals surface area contributed by atoms with E-state index < -0.39 is 5.54 Å². The summed E-state index contributed by atoms with van der Waals surface area (Å²) in [5.74, 6) is 0. The molecule has 0 fully saturated rings. The summed E-state index contributed by atoms with van der Waals surface area (Å²) in [7, 11) is 0. The van der Waals surface area contributed by atoms with Crippen LogP contribution in [0.1, 0.15) is 19.4 Å². The van der Waals surface area contributed by atoms with Crippen molar-refractivity contribution in [3.8, 4) is 0 Å². The van der Waals surface area contributed by atoms with Crippen molar-refractivity contribution in [1.29, 1.82) is 0 Å². The van der Waals surface area contributed by atoms with Gasteiger partial charge in [0.25, 0.3) is 0 Å². The van der Waals surface area contributed by atoms with E-state index in [4.69, 9.17) is 0 Å². The molecule has 0 N–H and O–H groups in total. The van der Waals surface area contributed by atoms with Crippen molar-refractivity contribution < 1.29 is 4.92 Å². The van der Waals surface area contributed by atoms with Gasteiger partial charge >= 0.3 is 0 Å². The van der Waals surface area contributed by atoms with Crippen molar-refractivity contribution in [3.05, 3.63) is 52.1 Å². The second-order valence-corrected chi connectivity index (χ2v) is 3.65. The molecule has 1 rings (SSSR count). The van der Waals surface area contributed by atoms with E-state index >= 15 is 0 Å². The minimum atomic E-state index is -1.00. The fraction of sp³-hybridized carbons (Fsp3) is 0.273. The molecule has 0 saturated carbocycles. The van der Waals surface area contributed by atoms with Crippen LogP contribution in [0.25, 0.3) is 6.08 Å². The molecule has 0 atom stereocenters. The highest BCUT2D eigenvalue weighted by molar-refractivity contribution is 5.49. The highest BCUT2D eigenvalue weighted by Gasteiger charge is 2.26. The van der Waals surface area contributed by atoms with Crippen LogP contribution in [-0.4, -0.2) is 10.5 Å². The summed E-state index contributed by atoms with van der Waals surface area (Å²) in [6.07, 6.45) is 3.37. The van der Waals surface area contributed by atoms with Gasteiger partial charge in [-0.1, -0.05) is 36.4 Å². The molecule has 0 heterocycles. The van der Waals surface area contributed by atoms with E-state index in [-0.39, 0.29) is 4.92 Å². The van der Waals surface area contributed by atoms with Gasteiger partial charge in [-0.15, -0.1) is 0 Å². The van der Waals surface area contributed by atoms with Gasteiger partial charge in [0.15, 0.2) is 0 Å². The Morgan fingerprint density at radius 3 is 2.36 bits per heavy atom. The van der Waals surface area contributed by atoms with Crippen LogP contribution in [0.15, 0.2) is 36.4 Å². The Bertz CT molecular complexity index is 342. The fourth-order valence-electron chi connectivity index (χ4n) is 0.925. The topological polar surface area (TPSA) is 43.1 Å². The molecule has 0 unspecified atom stereocenters. The Hall–Kier alpha value is -1.64. The maximum Gasteiger partial charge on any atom is 0.235 e. The monoisotopic (exact) mass is 191 g/mol. The quantitative estimate of drug-likeness (QED) is 0.544. The molecular weight excluding hydrogens is 178 g/mol. The molecule has 74 valence electrons. The lowest BCUT2D eigenvalue weighted by Gasteiger charge is -2.09. The molecule has 14 heavy (non-hydrogen) atoms. The predicted octanol–water partition coefficient (Wildman–Crippen LogP) is 2.76. The van der Waals surface area contributed by atoms with Crippen LogP contribution < -0.4 is 0 Å². The second kappa shape index (κ2) is 4.05. The number of benzene rings is 1. The first-order chi connectivity index (χ1) is 6.52. The van der Waals surface area contributed by atoms with Crippen molar-refractivity contribution >= 4 is 6.08 Å². The average Bonchev–Trinajstić information content (AvgIpc) is 2.16. The lowest BCUT2D eigenvalue weighted by molar-refractivity contribution is -0.545. The van der Waals surface area contributed by atoms with Gasteiger partial charge in [-0.3, -0.25) is 10.1 Å². The normalized spacial score (nSPS) is 11.9. The standard InChI is InChI=1S/C11H13NO2/c1-11(2,12(13)14)9-8-10-6-4-3-5-7-10/h3-9H,1-2H3. The Morgan fingerprint density at radius 1 is 1.29 bits per heavy atom. The molecule has 0 aliphatic carbocycles. The summed E-state index contributed by atoms with van der Waals surface area (Å²) in [6.45, 7) is 3.15. The summed E-state index contributed by atoms with van der Waals surface area (Å²) in [6, 6.07) is 9.53. The Kier molecular flexibility index (Phi) is 3.02. The molecular formula is C11H13NO2. The van der Waals surface area contributed by atoms with E-state index in [1.807, 2.05) is 30.3 Å². The number of nitrogens with zero attached hydrogens (tertiary/aromatic N) is 1. The van der Waals surface area contributed by atoms with Gasteiger partial charge in [0.2, 0.25) is 5.54 Å². The van der Waals surface area contributed by atoms with E-state index in [9.17, 15) is 10.1 Å². The van der Waals surface area contributed by atoms with Gasteiger partial charge in [-0.25, -0.2) is 0 Å². The van der Waals surface area contributed by atoms with E-state index in [1.54, 1.807) is 26.0 Å². The van der Waals surface area contributed by atoms with Gasteiger partial charge in [-0.2, -0.15) is 0 Å². The third-order valence-corrected chi connectivity index (χ3v) is 1.95. The van der Waals surface area contributed by atoms with Crippen molar-refractivity contribution in [1.82, 2.24) is 0 Å². The molecule has 0 radical (unpaired) electrons. The highest BCUT2D eigenvalue weighted by atomic mass is 16.6. The number of hydrogen-bond donors (Lipinski definition) is 0. The third-order valence-electron chi connectivity index (χ3n) is 1.95. The zero-order chi connectivity index (χ0) is 10.6. The largest absolute Gasteiger partial charge is 0.264 e. The van der Waals surface area contributed by atoms with Gasteiger partial charge in [0.05, 0.1) is 0 Å². The first-order valence-corrected chi connectivity index (χ1v) is 4.41. The summed E-state index contributed by atoms with van der Waals surface area (Å²) in [5, 5.41) is 10.6. The van der Waals surface area contributed by atoms with Crippen molar-refractivity contribution in [3.63, 3.8) is 0 Å². The van der Waals surface area contributed by atoms with Gasteiger partial charge in [0, 0.05) is 18.8 Å². The van der Waals surface area contributed by atoms with E-state index in [0.717, 1.165) is 5.56 Å². The number of hydrogen-bond acceptors (Lipinski definition) is 2. The van der Waals surface area contributed by atoms with Crippen molar-refractivity contribution in [2.45, 2.75) is 19.4 Å². The Morgan fingerprint density at radius 2 is 1.86 bits per heavy atom. The highest BCUT2D eigenvalue weighted by Crippen LogP contribution is 2.12. The van der Waals surface area contributed by atoms with Crippen LogP contribution >= 0.6 is 0 Å². The SMILES string of the molecule is CC(C)(C=Cc1ccccc1)[N+](=O)[O-]. The minimum absolute atomic E-state index is 0.299. The van der Waals surface area contributed by atoms with Crippen LogP contribution in [0, 0.1) is 10.1 Å². The van der Waals surface area contributed by atoms with E-state index in [0.29, 0.717) is 0 Å². The maximum atomic E-state index is 10.6. The van der Waals surface area contributed by atoms with Gasteiger partial charge in [0.1, 0.15) is 0 Å². The van der Waals surface area contributed by atoms with Gasteiger partial charge < -0.3 is 0 Å². The first kappa shape index (κ1) is 10.4. The van der Waals surface area contributed by atoms with Crippen LogP contribution in [-0.2, 0) is 0 Å². The molecule has 0 saturated heterocycles. The number of rotatable bonds is 3. The second-order valence-electron chi connectivity index (χ2n) is 3.65. The maximum absolute atomic E-state index is 10.6. The van der Waals surface area contributed by atoms with Crippen molar-refractivity contribution in [2.24, 2.45) is 0 Å². The predicted molar refractivity (Wildman–Crippen MR) is 56.5 cm³/mol. The molecule has 0 aliphatic heterocycles. The summed E-state index contributed by atoms with van der Waals surface area (Å²) in [4.78, 5) is 10.3. The zero-order valence-corrected chi connectivity index (χ0v) is 8.31. The molecule has 3 heteroatoms. The molecule has 0 bridgehead atoms. The van der Waals surface area contributed by atoms with Crippen LogP contribution in [0.4, 0.5) is 0 Å². The summed E-state index contributed by atoms with van der Waals surface area (Å²) < 4.78 is 0. The average molecular weight is 191 g/mol. The molecule has 0 aromatic heterocycles. The lowest BCUT2D eigenvalue weighted by Crippen LogP contribution is -2.27. The summed E-state index contributed by atoms with van der Waals surface area (Å²) >= 11 is 0. The first-order valence-electron chi connectivity index (χ1n) is 4.41. The molecule has 0 spiro atoms. The Balaban J connectivity index is 2.79. The molecule has 0 aliphatic rings. The third kappa shape index (κ3) is 2.69. The molecule has 3 nitrogen and oxygen atoms in total. The molecule has 0 amide bonds. The molecule has 1 aromatic carbocycles. The van der Waals surface area contributed by atoms with E-state index in [1.165, 1.54) is 0 Å². The van der Waals surface area contributed by atoms with Gasteiger partial charge in [-0.05, 0) is 11.6 Å².